The van der Waals surface area contributed by atoms with Crippen molar-refractivity contribution in [3.63, 3.8) is 0 Å². The zero-order chi connectivity index (χ0) is 11.0. The monoisotopic (exact) mass is 205 g/mol. The van der Waals surface area contributed by atoms with Crippen LogP contribution in [0, 0.1) is 13.8 Å². The van der Waals surface area contributed by atoms with Crippen LogP contribution < -0.4 is 4.90 Å². The number of anilines is 1. The average molecular weight is 205 g/mol. The summed E-state index contributed by atoms with van der Waals surface area (Å²) in [6, 6.07) is 5.92. The van der Waals surface area contributed by atoms with E-state index in [1.54, 1.807) is 4.90 Å². The summed E-state index contributed by atoms with van der Waals surface area (Å²) in [5, 5.41) is 9.36. The highest BCUT2D eigenvalue weighted by Gasteiger charge is 2.30. The van der Waals surface area contributed by atoms with Crippen LogP contribution in [0.3, 0.4) is 0 Å². The molecule has 0 aliphatic carbocycles. The number of aryl methyl sites for hydroxylation is 2. The number of hydrogen-bond donors (Lipinski definition) is 1. The third-order valence-electron chi connectivity index (χ3n) is 2.98. The van der Waals surface area contributed by atoms with E-state index in [4.69, 9.17) is 0 Å². The summed E-state index contributed by atoms with van der Waals surface area (Å²) in [5.41, 5.74) is 3.27. The first-order chi connectivity index (χ1) is 7.09. The maximum Gasteiger partial charge on any atom is 0.255 e. The molecule has 1 fully saturated rings. The molecule has 0 saturated carbocycles. The van der Waals surface area contributed by atoms with Gasteiger partial charge in [-0.2, -0.15) is 0 Å². The summed E-state index contributed by atoms with van der Waals surface area (Å²) in [7, 11) is 0. The molecule has 1 heterocycles. The van der Waals surface area contributed by atoms with Crippen LogP contribution in [0.4, 0.5) is 5.69 Å². The lowest BCUT2D eigenvalue weighted by Gasteiger charge is -2.17. The lowest BCUT2D eigenvalue weighted by atomic mass is 10.1. The Hall–Kier alpha value is -1.35. The number of rotatable bonds is 1. The minimum Gasteiger partial charge on any atom is -0.383 e. The van der Waals surface area contributed by atoms with Gasteiger partial charge in [-0.05, 0) is 37.1 Å². The van der Waals surface area contributed by atoms with Gasteiger partial charge in [-0.3, -0.25) is 4.79 Å². The van der Waals surface area contributed by atoms with Crippen LogP contribution in [0.15, 0.2) is 18.2 Å². The summed E-state index contributed by atoms with van der Waals surface area (Å²) in [4.78, 5) is 13.2. The fourth-order valence-corrected chi connectivity index (χ4v) is 1.81. The van der Waals surface area contributed by atoms with Crippen LogP contribution in [0.5, 0.6) is 0 Å². The van der Waals surface area contributed by atoms with Crippen LogP contribution in [-0.2, 0) is 4.79 Å². The van der Waals surface area contributed by atoms with Gasteiger partial charge in [0.25, 0.3) is 5.91 Å². The fraction of sp³-hybridized carbons (Fsp3) is 0.417. The standard InChI is InChI=1S/C12H15NO2/c1-8-3-4-10(7-9(8)2)13-6-5-11(14)12(13)15/h3-4,7,11,14H,5-6H2,1-2H3. The van der Waals surface area contributed by atoms with Gasteiger partial charge >= 0.3 is 0 Å². The molecule has 1 aromatic carbocycles. The van der Waals surface area contributed by atoms with E-state index in [0.29, 0.717) is 13.0 Å². The second-order valence-electron chi connectivity index (χ2n) is 4.06. The quantitative estimate of drug-likeness (QED) is 0.753. The van der Waals surface area contributed by atoms with E-state index >= 15 is 0 Å². The van der Waals surface area contributed by atoms with E-state index in [1.807, 2.05) is 32.0 Å². The third-order valence-corrected chi connectivity index (χ3v) is 2.98. The van der Waals surface area contributed by atoms with Gasteiger partial charge in [0.15, 0.2) is 0 Å². The highest BCUT2D eigenvalue weighted by molar-refractivity contribution is 5.98. The minimum absolute atomic E-state index is 0.182. The molecule has 1 saturated heterocycles. The maximum absolute atomic E-state index is 11.6. The van der Waals surface area contributed by atoms with Crippen molar-refractivity contribution >= 4 is 11.6 Å². The van der Waals surface area contributed by atoms with E-state index in [2.05, 4.69) is 0 Å². The van der Waals surface area contributed by atoms with Crippen LogP contribution in [0.25, 0.3) is 0 Å². The van der Waals surface area contributed by atoms with Crippen molar-refractivity contribution in [3.05, 3.63) is 29.3 Å². The molecule has 1 aromatic rings. The molecule has 1 N–H and O–H groups in total. The molecule has 2 rings (SSSR count). The first kappa shape index (κ1) is 10.2. The van der Waals surface area contributed by atoms with Crippen LogP contribution in [-0.4, -0.2) is 23.7 Å². The zero-order valence-corrected chi connectivity index (χ0v) is 9.03. The number of carbonyl (C=O) groups excluding carboxylic acids is 1. The summed E-state index contributed by atoms with van der Waals surface area (Å²) >= 11 is 0. The Kier molecular flexibility index (Phi) is 2.49. The number of hydrogen-bond acceptors (Lipinski definition) is 2. The summed E-state index contributed by atoms with van der Waals surface area (Å²) in [6.07, 6.45) is -0.280. The average Bonchev–Trinajstić information content (AvgIpc) is 2.53. The third kappa shape index (κ3) is 1.75. The Balaban J connectivity index is 2.31. The Bertz CT molecular complexity index is 401. The molecule has 0 aromatic heterocycles. The molecule has 80 valence electrons. The van der Waals surface area contributed by atoms with Gasteiger partial charge in [0.2, 0.25) is 0 Å². The number of benzene rings is 1. The van der Waals surface area contributed by atoms with Crippen molar-refractivity contribution in [1.29, 1.82) is 0 Å². The van der Waals surface area contributed by atoms with Gasteiger partial charge < -0.3 is 10.0 Å². The molecule has 0 spiro atoms. The molecule has 15 heavy (non-hydrogen) atoms. The normalized spacial score (nSPS) is 21.1. The smallest absolute Gasteiger partial charge is 0.255 e. The molecule has 3 heteroatoms. The first-order valence-corrected chi connectivity index (χ1v) is 5.16. The van der Waals surface area contributed by atoms with Crippen molar-refractivity contribution in [1.82, 2.24) is 0 Å². The number of aliphatic hydroxyl groups excluding tert-OH is 1. The topological polar surface area (TPSA) is 40.5 Å². The number of nitrogens with zero attached hydrogens (tertiary/aromatic N) is 1. The molecular formula is C12H15NO2. The van der Waals surface area contributed by atoms with Crippen molar-refractivity contribution in [2.45, 2.75) is 26.4 Å². The molecule has 1 atom stereocenters. The van der Waals surface area contributed by atoms with Crippen LogP contribution in [0.2, 0.25) is 0 Å². The fourth-order valence-electron chi connectivity index (χ4n) is 1.81. The van der Waals surface area contributed by atoms with Crippen molar-refractivity contribution in [2.24, 2.45) is 0 Å². The molecule has 1 unspecified atom stereocenters. The Morgan fingerprint density at radius 3 is 2.60 bits per heavy atom. The lowest BCUT2D eigenvalue weighted by Crippen LogP contribution is -2.29. The second-order valence-corrected chi connectivity index (χ2v) is 4.06. The molecular weight excluding hydrogens is 190 g/mol. The van der Waals surface area contributed by atoms with E-state index in [9.17, 15) is 9.90 Å². The minimum atomic E-state index is -0.813. The molecule has 1 aliphatic rings. The van der Waals surface area contributed by atoms with Crippen LogP contribution >= 0.6 is 0 Å². The van der Waals surface area contributed by atoms with Crippen molar-refractivity contribution < 1.29 is 9.90 Å². The SMILES string of the molecule is Cc1ccc(N2CCC(O)C2=O)cc1C. The van der Waals surface area contributed by atoms with Crippen molar-refractivity contribution in [3.8, 4) is 0 Å². The second kappa shape index (κ2) is 3.66. The summed E-state index contributed by atoms with van der Waals surface area (Å²) in [5.74, 6) is -0.182. The summed E-state index contributed by atoms with van der Waals surface area (Å²) < 4.78 is 0. The Morgan fingerprint density at radius 1 is 1.33 bits per heavy atom. The molecule has 1 aliphatic heterocycles. The number of carbonyl (C=O) groups is 1. The molecule has 0 radical (unpaired) electrons. The number of amides is 1. The van der Waals surface area contributed by atoms with E-state index in [-0.39, 0.29) is 5.91 Å². The van der Waals surface area contributed by atoms with Gasteiger partial charge in [-0.15, -0.1) is 0 Å². The van der Waals surface area contributed by atoms with E-state index in [0.717, 1.165) is 5.69 Å². The van der Waals surface area contributed by atoms with Gasteiger partial charge in [-0.25, -0.2) is 0 Å². The number of aliphatic hydroxyl groups is 1. The van der Waals surface area contributed by atoms with Crippen LogP contribution in [0.1, 0.15) is 17.5 Å². The maximum atomic E-state index is 11.6. The van der Waals surface area contributed by atoms with Gasteiger partial charge in [-0.1, -0.05) is 6.07 Å². The predicted molar refractivity (Wildman–Crippen MR) is 58.9 cm³/mol. The van der Waals surface area contributed by atoms with Gasteiger partial charge in [0.05, 0.1) is 0 Å². The highest BCUT2D eigenvalue weighted by atomic mass is 16.3. The Labute approximate surface area is 89.3 Å². The molecule has 3 nitrogen and oxygen atoms in total. The predicted octanol–water partition coefficient (Wildman–Crippen LogP) is 1.40. The molecule has 1 amide bonds. The zero-order valence-electron chi connectivity index (χ0n) is 9.03. The van der Waals surface area contributed by atoms with E-state index in [1.165, 1.54) is 11.1 Å². The highest BCUT2D eigenvalue weighted by Crippen LogP contribution is 2.23. The van der Waals surface area contributed by atoms with Gasteiger partial charge in [0.1, 0.15) is 6.10 Å². The van der Waals surface area contributed by atoms with Gasteiger partial charge in [0, 0.05) is 18.7 Å². The molecule has 0 bridgehead atoms. The summed E-state index contributed by atoms with van der Waals surface area (Å²) in [6.45, 7) is 4.68. The Morgan fingerprint density at radius 2 is 2.07 bits per heavy atom. The largest absolute Gasteiger partial charge is 0.383 e. The van der Waals surface area contributed by atoms with E-state index < -0.39 is 6.10 Å². The van der Waals surface area contributed by atoms with Crippen molar-refractivity contribution in [2.75, 3.05) is 11.4 Å². The lowest BCUT2D eigenvalue weighted by molar-refractivity contribution is -0.123. The first-order valence-electron chi connectivity index (χ1n) is 5.16.